The molecule has 1 atom stereocenters. The van der Waals surface area contributed by atoms with Gasteiger partial charge in [0.1, 0.15) is 11.2 Å². The van der Waals surface area contributed by atoms with E-state index in [2.05, 4.69) is 232 Å². The lowest BCUT2D eigenvalue weighted by molar-refractivity contribution is 0.648. The largest absolute Gasteiger partial charge is 0.456 e. The van der Waals surface area contributed by atoms with Crippen LogP contribution in [0.1, 0.15) is 54.2 Å². The molecule has 1 unspecified atom stereocenters. The number of hydrogen-bond acceptors (Lipinski definition) is 2. The fourth-order valence-electron chi connectivity index (χ4n) is 10.4. The van der Waals surface area contributed by atoms with Gasteiger partial charge in [-0.2, -0.15) is 0 Å². The number of hydrogen-bond donors (Lipinski definition) is 0. The predicted octanol–water partition coefficient (Wildman–Crippen LogP) is 15.9. The number of rotatable bonds is 7. The van der Waals surface area contributed by atoms with Gasteiger partial charge in [-0.3, -0.25) is 0 Å². The lowest BCUT2D eigenvalue weighted by atomic mass is 9.66. The Morgan fingerprint density at radius 1 is 0.541 bits per heavy atom. The van der Waals surface area contributed by atoms with Crippen molar-refractivity contribution in [2.24, 2.45) is 0 Å². The summed E-state index contributed by atoms with van der Waals surface area (Å²) in [6, 6.07) is 68.4. The van der Waals surface area contributed by atoms with E-state index in [1.54, 1.807) is 0 Å². The van der Waals surface area contributed by atoms with Crippen molar-refractivity contribution in [2.75, 3.05) is 4.90 Å². The molecule has 2 nitrogen and oxygen atoms in total. The summed E-state index contributed by atoms with van der Waals surface area (Å²) in [5.74, 6) is 0. The normalized spacial score (nSPS) is 17.0. The van der Waals surface area contributed by atoms with Crippen LogP contribution in [0.5, 0.6) is 0 Å². The number of allylic oxidation sites excluding steroid dienone is 5. The molecule has 11 rings (SSSR count). The summed E-state index contributed by atoms with van der Waals surface area (Å²) >= 11 is 0. The van der Waals surface area contributed by atoms with Crippen LogP contribution in [0, 0.1) is 0 Å². The van der Waals surface area contributed by atoms with Gasteiger partial charge in [-0.1, -0.05) is 184 Å². The summed E-state index contributed by atoms with van der Waals surface area (Å²) in [4.78, 5) is 2.46. The van der Waals surface area contributed by atoms with E-state index in [9.17, 15) is 0 Å². The highest BCUT2D eigenvalue weighted by Gasteiger charge is 2.51. The molecule has 9 aromatic rings. The van der Waals surface area contributed by atoms with Gasteiger partial charge in [0.05, 0.1) is 11.1 Å². The molecule has 0 spiro atoms. The summed E-state index contributed by atoms with van der Waals surface area (Å²) in [7, 11) is 0. The van der Waals surface area contributed by atoms with Gasteiger partial charge < -0.3 is 9.32 Å². The van der Waals surface area contributed by atoms with Gasteiger partial charge in [0.2, 0.25) is 0 Å². The monoisotopic (exact) mass is 783 g/mol. The van der Waals surface area contributed by atoms with E-state index in [-0.39, 0.29) is 5.41 Å². The minimum Gasteiger partial charge on any atom is -0.456 e. The fraction of sp³-hybridized carbons (Fsp3) is 0.0847. The second-order valence-electron chi connectivity index (χ2n) is 16.8. The highest BCUT2D eigenvalue weighted by atomic mass is 16.3. The van der Waals surface area contributed by atoms with Crippen LogP contribution < -0.4 is 4.90 Å². The average Bonchev–Trinajstić information content (AvgIpc) is 3.89. The van der Waals surface area contributed by atoms with Crippen LogP contribution in [0.4, 0.5) is 17.1 Å². The SMILES string of the molecule is C=C1/C(=C\C=C/C)c2ccccc2C1(c1ccccc1)c1c(N(c2ccc(-c3ccccc3)cc2)c2ccc3c(c2)C(C)(C)c2ccccc2-3)ccc2c1oc1ccccc12. The van der Waals surface area contributed by atoms with E-state index in [1.165, 1.54) is 44.5 Å². The molecule has 0 aliphatic heterocycles. The highest BCUT2D eigenvalue weighted by molar-refractivity contribution is 6.10. The number of fused-ring (bicyclic) bond motifs is 7. The third-order valence-corrected chi connectivity index (χ3v) is 13.3. The van der Waals surface area contributed by atoms with Crippen LogP contribution in [-0.4, -0.2) is 0 Å². The first-order valence-corrected chi connectivity index (χ1v) is 21.2. The summed E-state index contributed by atoms with van der Waals surface area (Å²) in [6.07, 6.45) is 6.45. The molecule has 2 heteroatoms. The number of anilines is 3. The van der Waals surface area contributed by atoms with Crippen molar-refractivity contribution in [1.82, 2.24) is 0 Å². The molecule has 0 N–H and O–H groups in total. The van der Waals surface area contributed by atoms with Crippen LogP contribution in [0.2, 0.25) is 0 Å². The Morgan fingerprint density at radius 3 is 1.93 bits per heavy atom. The Hall–Kier alpha value is -7.42. The molecular weight excluding hydrogens is 739 g/mol. The van der Waals surface area contributed by atoms with Crippen molar-refractivity contribution in [3.8, 4) is 22.3 Å². The van der Waals surface area contributed by atoms with E-state index in [0.29, 0.717) is 0 Å². The van der Waals surface area contributed by atoms with E-state index >= 15 is 0 Å². The minimum absolute atomic E-state index is 0.188. The zero-order chi connectivity index (χ0) is 41.3. The van der Waals surface area contributed by atoms with Crippen LogP contribution in [0.3, 0.4) is 0 Å². The third kappa shape index (κ3) is 5.42. The van der Waals surface area contributed by atoms with Gasteiger partial charge in [-0.05, 0) is 111 Å². The van der Waals surface area contributed by atoms with Crippen molar-refractivity contribution in [3.63, 3.8) is 0 Å². The molecule has 2 aliphatic carbocycles. The standard InChI is InChI=1S/C59H45NO/c1-5-6-23-45-39(2)59(42-21-11-8-12-22-42,52-28-17-14-24-46(45)52)56-54(37-36-50-49-26-15-18-29-55(49)61-57(50)56)60(43-32-30-41(31-33-43)40-19-9-7-10-20-40)44-34-35-48-47-25-13-16-27-51(47)58(3,4)53(48)38-44/h5-38H,2H2,1,3-4H3/b6-5-,45-23+. The molecule has 0 amide bonds. The molecule has 0 bridgehead atoms. The van der Waals surface area contributed by atoms with Crippen LogP contribution in [0.15, 0.2) is 223 Å². The molecule has 0 saturated heterocycles. The fourth-order valence-corrected chi connectivity index (χ4v) is 10.4. The molecular formula is C59H45NO. The zero-order valence-electron chi connectivity index (χ0n) is 34.7. The third-order valence-electron chi connectivity index (χ3n) is 13.3. The van der Waals surface area contributed by atoms with Gasteiger partial charge in [0, 0.05) is 33.1 Å². The minimum atomic E-state index is -0.831. The van der Waals surface area contributed by atoms with Gasteiger partial charge in [-0.25, -0.2) is 0 Å². The molecule has 8 aromatic carbocycles. The summed E-state index contributed by atoms with van der Waals surface area (Å²) < 4.78 is 7.21. The van der Waals surface area contributed by atoms with E-state index in [1.807, 2.05) is 0 Å². The number of para-hydroxylation sites is 1. The Bertz CT molecular complexity index is 3240. The maximum Gasteiger partial charge on any atom is 0.142 e. The molecule has 61 heavy (non-hydrogen) atoms. The smallest absolute Gasteiger partial charge is 0.142 e. The maximum atomic E-state index is 7.21. The summed E-state index contributed by atoms with van der Waals surface area (Å²) in [5.41, 5.74) is 18.1. The Kier molecular flexibility index (Phi) is 8.47. The maximum absolute atomic E-state index is 7.21. The van der Waals surface area contributed by atoms with Crippen molar-refractivity contribution >= 4 is 44.6 Å². The van der Waals surface area contributed by atoms with E-state index < -0.39 is 5.41 Å². The number of benzene rings is 8. The van der Waals surface area contributed by atoms with Gasteiger partial charge in [0.15, 0.2) is 0 Å². The topological polar surface area (TPSA) is 16.4 Å². The molecule has 2 aliphatic rings. The second kappa shape index (κ2) is 14.1. The first-order chi connectivity index (χ1) is 29.9. The van der Waals surface area contributed by atoms with Crippen LogP contribution in [0.25, 0.3) is 49.8 Å². The predicted molar refractivity (Wildman–Crippen MR) is 256 cm³/mol. The lowest BCUT2D eigenvalue weighted by Crippen LogP contribution is -2.31. The molecule has 292 valence electrons. The second-order valence-corrected chi connectivity index (χ2v) is 16.8. The number of nitrogens with zero attached hydrogens (tertiary/aromatic N) is 1. The average molecular weight is 784 g/mol. The summed E-state index contributed by atoms with van der Waals surface area (Å²) in [6.45, 7) is 11.9. The molecule has 0 radical (unpaired) electrons. The van der Waals surface area contributed by atoms with Gasteiger partial charge in [0.25, 0.3) is 0 Å². The van der Waals surface area contributed by atoms with E-state index in [0.717, 1.165) is 61.3 Å². The lowest BCUT2D eigenvalue weighted by Gasteiger charge is -2.38. The first kappa shape index (κ1) is 36.6. The Balaban J connectivity index is 1.27. The molecule has 1 heterocycles. The van der Waals surface area contributed by atoms with Crippen molar-refractivity contribution in [1.29, 1.82) is 0 Å². The van der Waals surface area contributed by atoms with Crippen LogP contribution in [-0.2, 0) is 10.8 Å². The van der Waals surface area contributed by atoms with Crippen molar-refractivity contribution < 1.29 is 4.42 Å². The Morgan fingerprint density at radius 2 is 1.16 bits per heavy atom. The molecule has 0 fully saturated rings. The van der Waals surface area contributed by atoms with Crippen molar-refractivity contribution in [3.05, 3.63) is 252 Å². The molecule has 1 aromatic heterocycles. The quantitative estimate of drug-likeness (QED) is 0.160. The zero-order valence-corrected chi connectivity index (χ0v) is 34.7. The molecule has 0 saturated carbocycles. The van der Waals surface area contributed by atoms with Crippen molar-refractivity contribution in [2.45, 2.75) is 31.6 Å². The van der Waals surface area contributed by atoms with Crippen LogP contribution >= 0.6 is 0 Å². The Labute approximate surface area is 358 Å². The van der Waals surface area contributed by atoms with E-state index in [4.69, 9.17) is 11.0 Å². The first-order valence-electron chi connectivity index (χ1n) is 21.2. The van der Waals surface area contributed by atoms with Gasteiger partial charge in [-0.15, -0.1) is 0 Å². The van der Waals surface area contributed by atoms with Gasteiger partial charge >= 0.3 is 0 Å². The summed E-state index contributed by atoms with van der Waals surface area (Å²) in [5, 5.41) is 2.16. The highest BCUT2D eigenvalue weighted by Crippen LogP contribution is 2.61. The number of furan rings is 1.